The molecule has 0 radical (unpaired) electrons. The molecule has 0 aromatic rings. The van der Waals surface area contributed by atoms with Gasteiger partial charge in [0.25, 0.3) is 0 Å². The highest BCUT2D eigenvalue weighted by molar-refractivity contribution is 6.58. The van der Waals surface area contributed by atoms with E-state index in [0.717, 1.165) is 25.9 Å². The summed E-state index contributed by atoms with van der Waals surface area (Å²) in [5, 5.41) is 9.79. The standard InChI is InChI=1S/C7H16O2Si/c1-10(2)7(8)5-3-4-6-9-7/h8,10H,3-6H2,1-2H3. The SMILES string of the molecule is C[SiH](C)C1(O)CCCCO1. The second-order valence-electron chi connectivity index (χ2n) is 3.31. The maximum Gasteiger partial charge on any atom is 0.144 e. The summed E-state index contributed by atoms with van der Waals surface area (Å²) in [6, 6.07) is 0. The third-order valence-electron chi connectivity index (χ3n) is 2.18. The Morgan fingerprint density at radius 3 is 2.40 bits per heavy atom. The highest BCUT2D eigenvalue weighted by Crippen LogP contribution is 2.24. The fourth-order valence-electron chi connectivity index (χ4n) is 1.26. The van der Waals surface area contributed by atoms with Crippen LogP contribution in [0.4, 0.5) is 0 Å². The monoisotopic (exact) mass is 160 g/mol. The number of rotatable bonds is 1. The van der Waals surface area contributed by atoms with E-state index >= 15 is 0 Å². The Morgan fingerprint density at radius 1 is 1.40 bits per heavy atom. The van der Waals surface area contributed by atoms with E-state index in [1.54, 1.807) is 0 Å². The minimum atomic E-state index is -1.03. The number of ether oxygens (including phenoxy) is 1. The molecular formula is C7H16O2Si. The van der Waals surface area contributed by atoms with Gasteiger partial charge in [0, 0.05) is 6.61 Å². The van der Waals surface area contributed by atoms with Crippen molar-refractivity contribution in [3.63, 3.8) is 0 Å². The van der Waals surface area contributed by atoms with Gasteiger partial charge >= 0.3 is 0 Å². The lowest BCUT2D eigenvalue weighted by Crippen LogP contribution is -2.47. The summed E-state index contributed by atoms with van der Waals surface area (Å²) in [4.78, 5) is 0. The molecule has 1 aliphatic rings. The van der Waals surface area contributed by atoms with Gasteiger partial charge in [0.15, 0.2) is 0 Å². The minimum absolute atomic E-state index is 0.682. The molecule has 1 fully saturated rings. The van der Waals surface area contributed by atoms with Gasteiger partial charge in [-0.25, -0.2) is 0 Å². The van der Waals surface area contributed by atoms with Gasteiger partial charge in [-0.05, 0) is 19.3 Å². The van der Waals surface area contributed by atoms with Crippen LogP contribution in [-0.2, 0) is 4.74 Å². The zero-order chi connectivity index (χ0) is 7.61. The van der Waals surface area contributed by atoms with Crippen LogP contribution < -0.4 is 0 Å². The van der Waals surface area contributed by atoms with Crippen LogP contribution in [0.5, 0.6) is 0 Å². The first kappa shape index (κ1) is 8.24. The Hall–Kier alpha value is 0.137. The average Bonchev–Trinajstić information content (AvgIpc) is 1.89. The summed E-state index contributed by atoms with van der Waals surface area (Å²) in [7, 11) is -1.03. The van der Waals surface area contributed by atoms with Gasteiger partial charge in [-0.3, -0.25) is 0 Å². The van der Waals surface area contributed by atoms with E-state index < -0.39 is 14.2 Å². The van der Waals surface area contributed by atoms with E-state index in [4.69, 9.17) is 4.74 Å². The first-order valence-electron chi connectivity index (χ1n) is 4.01. The van der Waals surface area contributed by atoms with Crippen molar-refractivity contribution in [3.05, 3.63) is 0 Å². The Kier molecular flexibility index (Phi) is 2.49. The fourth-order valence-corrected chi connectivity index (χ4v) is 2.49. The number of aliphatic hydroxyl groups is 1. The second kappa shape index (κ2) is 3.03. The minimum Gasteiger partial charge on any atom is -0.369 e. The molecule has 1 heterocycles. The normalized spacial score (nSPS) is 34.8. The lowest BCUT2D eigenvalue weighted by atomic mass is 10.2. The molecule has 3 heteroatoms. The maximum absolute atomic E-state index is 9.79. The molecular weight excluding hydrogens is 144 g/mol. The third-order valence-corrected chi connectivity index (χ3v) is 4.44. The van der Waals surface area contributed by atoms with Crippen LogP contribution in [0.2, 0.25) is 13.1 Å². The molecule has 0 aliphatic carbocycles. The Balaban J connectivity index is 2.48. The largest absolute Gasteiger partial charge is 0.369 e. The van der Waals surface area contributed by atoms with Gasteiger partial charge in [0.2, 0.25) is 0 Å². The van der Waals surface area contributed by atoms with Crippen molar-refractivity contribution in [2.45, 2.75) is 37.8 Å². The van der Waals surface area contributed by atoms with E-state index in [9.17, 15) is 5.11 Å². The van der Waals surface area contributed by atoms with Crippen LogP contribution in [0.3, 0.4) is 0 Å². The molecule has 1 N–H and O–H groups in total. The molecule has 0 spiro atoms. The molecule has 0 aromatic heterocycles. The summed E-state index contributed by atoms with van der Waals surface area (Å²) in [5.41, 5.74) is -0.682. The predicted molar refractivity (Wildman–Crippen MR) is 43.6 cm³/mol. The number of hydrogen-bond donors (Lipinski definition) is 1. The van der Waals surface area contributed by atoms with Crippen molar-refractivity contribution in [1.29, 1.82) is 0 Å². The van der Waals surface area contributed by atoms with Crippen molar-refractivity contribution < 1.29 is 9.84 Å². The van der Waals surface area contributed by atoms with E-state index in [1.807, 2.05) is 0 Å². The average molecular weight is 160 g/mol. The van der Waals surface area contributed by atoms with Gasteiger partial charge in [-0.1, -0.05) is 13.1 Å². The topological polar surface area (TPSA) is 29.5 Å². The van der Waals surface area contributed by atoms with Crippen molar-refractivity contribution in [2.24, 2.45) is 0 Å². The number of hydrogen-bond acceptors (Lipinski definition) is 2. The van der Waals surface area contributed by atoms with Crippen molar-refractivity contribution in [3.8, 4) is 0 Å². The first-order valence-corrected chi connectivity index (χ1v) is 6.90. The van der Waals surface area contributed by atoms with E-state index in [-0.39, 0.29) is 0 Å². The van der Waals surface area contributed by atoms with Crippen LogP contribution in [0.25, 0.3) is 0 Å². The van der Waals surface area contributed by atoms with Gasteiger partial charge in [0.1, 0.15) is 14.2 Å². The van der Waals surface area contributed by atoms with Crippen LogP contribution >= 0.6 is 0 Å². The molecule has 10 heavy (non-hydrogen) atoms. The van der Waals surface area contributed by atoms with Gasteiger partial charge in [-0.2, -0.15) is 0 Å². The molecule has 1 saturated heterocycles. The van der Waals surface area contributed by atoms with Crippen molar-refractivity contribution in [1.82, 2.24) is 0 Å². The van der Waals surface area contributed by atoms with Gasteiger partial charge < -0.3 is 9.84 Å². The third kappa shape index (κ3) is 1.59. The Labute approximate surface area is 63.8 Å². The van der Waals surface area contributed by atoms with Crippen LogP contribution in [0.1, 0.15) is 19.3 Å². The second-order valence-corrected chi connectivity index (χ2v) is 6.52. The summed E-state index contributed by atoms with van der Waals surface area (Å²) >= 11 is 0. The van der Waals surface area contributed by atoms with E-state index in [1.165, 1.54) is 0 Å². The first-order chi connectivity index (χ1) is 4.65. The molecule has 2 nitrogen and oxygen atoms in total. The van der Waals surface area contributed by atoms with Gasteiger partial charge in [0.05, 0.1) is 0 Å². The summed E-state index contributed by atoms with van der Waals surface area (Å²) in [6.45, 7) is 5.01. The molecule has 0 aromatic carbocycles. The molecule has 1 aliphatic heterocycles. The smallest absolute Gasteiger partial charge is 0.144 e. The molecule has 0 bridgehead atoms. The van der Waals surface area contributed by atoms with E-state index in [2.05, 4.69) is 13.1 Å². The van der Waals surface area contributed by atoms with Crippen molar-refractivity contribution >= 4 is 8.80 Å². The quantitative estimate of drug-likeness (QED) is 0.578. The summed E-state index contributed by atoms with van der Waals surface area (Å²) in [6.07, 6.45) is 3.10. The lowest BCUT2D eigenvalue weighted by Gasteiger charge is -2.35. The predicted octanol–water partition coefficient (Wildman–Crippen LogP) is 0.901. The highest BCUT2D eigenvalue weighted by atomic mass is 28.3. The summed E-state index contributed by atoms with van der Waals surface area (Å²) in [5.74, 6) is 0. The molecule has 1 rings (SSSR count). The maximum atomic E-state index is 9.79. The van der Waals surface area contributed by atoms with Crippen LogP contribution in [0, 0.1) is 0 Å². The zero-order valence-corrected chi connectivity index (χ0v) is 7.92. The lowest BCUT2D eigenvalue weighted by molar-refractivity contribution is -0.166. The molecule has 1 atom stereocenters. The Morgan fingerprint density at radius 2 is 2.10 bits per heavy atom. The van der Waals surface area contributed by atoms with Crippen LogP contribution in [0.15, 0.2) is 0 Å². The van der Waals surface area contributed by atoms with Gasteiger partial charge in [-0.15, -0.1) is 0 Å². The molecule has 0 amide bonds. The molecule has 0 saturated carbocycles. The van der Waals surface area contributed by atoms with E-state index in [0.29, 0.717) is 0 Å². The zero-order valence-electron chi connectivity index (χ0n) is 6.76. The molecule has 1 unspecified atom stereocenters. The molecule has 60 valence electrons. The Bertz CT molecular complexity index is 108. The fraction of sp³-hybridized carbons (Fsp3) is 1.00. The summed E-state index contributed by atoms with van der Waals surface area (Å²) < 4.78 is 5.34. The van der Waals surface area contributed by atoms with Crippen LogP contribution in [-0.4, -0.2) is 25.9 Å². The van der Waals surface area contributed by atoms with Crippen molar-refractivity contribution in [2.75, 3.05) is 6.61 Å². The highest BCUT2D eigenvalue weighted by Gasteiger charge is 2.34.